The molecule has 18 heavy (non-hydrogen) atoms. The smallest absolute Gasteiger partial charge is 0.148 e. The predicted molar refractivity (Wildman–Crippen MR) is 74.3 cm³/mol. The average molecular weight is 340 g/mol. The Balaban J connectivity index is 3.18. The maximum atomic E-state index is 14.0. The van der Waals surface area contributed by atoms with Gasteiger partial charge in [0.1, 0.15) is 11.9 Å². The molecule has 0 bridgehead atoms. The van der Waals surface area contributed by atoms with Gasteiger partial charge in [-0.2, -0.15) is 0 Å². The Hall–Kier alpha value is -0.160. The minimum Gasteiger partial charge on any atom is -0.386 e. The van der Waals surface area contributed by atoms with E-state index in [-0.39, 0.29) is 16.0 Å². The van der Waals surface area contributed by atoms with Gasteiger partial charge in [-0.25, -0.2) is 4.39 Å². The van der Waals surface area contributed by atoms with Gasteiger partial charge in [-0.1, -0.05) is 38.4 Å². The number of halogens is 3. The molecule has 0 saturated heterocycles. The molecule has 1 aromatic carbocycles. The Morgan fingerprint density at radius 1 is 1.39 bits per heavy atom. The summed E-state index contributed by atoms with van der Waals surface area (Å²) in [5.74, 6) is -0.621. The number of benzene rings is 1. The van der Waals surface area contributed by atoms with Crippen LogP contribution in [0.15, 0.2) is 16.6 Å². The van der Waals surface area contributed by atoms with Gasteiger partial charge in [-0.15, -0.1) is 0 Å². The van der Waals surface area contributed by atoms with Crippen LogP contribution in [0.4, 0.5) is 4.39 Å². The van der Waals surface area contributed by atoms with Crippen LogP contribution in [0.2, 0.25) is 5.02 Å². The van der Waals surface area contributed by atoms with Crippen molar-refractivity contribution in [3.63, 3.8) is 0 Å². The number of aliphatic hydroxyl groups is 1. The van der Waals surface area contributed by atoms with Crippen molar-refractivity contribution in [3.8, 4) is 0 Å². The number of ether oxygens (including phenoxy) is 1. The third kappa shape index (κ3) is 3.23. The second-order valence-electron chi connectivity index (χ2n) is 5.23. The molecule has 2 atom stereocenters. The van der Waals surface area contributed by atoms with Gasteiger partial charge < -0.3 is 9.84 Å². The van der Waals surface area contributed by atoms with Gasteiger partial charge >= 0.3 is 0 Å². The first kappa shape index (κ1) is 15.9. The van der Waals surface area contributed by atoms with Gasteiger partial charge in [0.15, 0.2) is 0 Å². The monoisotopic (exact) mass is 338 g/mol. The van der Waals surface area contributed by atoms with E-state index in [0.29, 0.717) is 4.47 Å². The van der Waals surface area contributed by atoms with Gasteiger partial charge in [0, 0.05) is 17.1 Å². The average Bonchev–Trinajstić information content (AvgIpc) is 2.25. The van der Waals surface area contributed by atoms with Crippen molar-refractivity contribution in [1.82, 2.24) is 0 Å². The molecule has 1 N–H and O–H groups in total. The van der Waals surface area contributed by atoms with Gasteiger partial charge in [-0.3, -0.25) is 0 Å². The number of rotatable bonds is 3. The fourth-order valence-corrected chi connectivity index (χ4v) is 2.37. The summed E-state index contributed by atoms with van der Waals surface area (Å²) in [7, 11) is 1.50. The Morgan fingerprint density at radius 2 is 1.94 bits per heavy atom. The number of aliphatic hydroxyl groups excluding tert-OH is 1. The molecule has 5 heteroatoms. The molecule has 2 unspecified atom stereocenters. The summed E-state index contributed by atoms with van der Waals surface area (Å²) >= 11 is 8.95. The molecule has 0 fully saturated rings. The van der Waals surface area contributed by atoms with Crippen LogP contribution < -0.4 is 0 Å². The first-order chi connectivity index (χ1) is 8.20. The van der Waals surface area contributed by atoms with E-state index in [1.165, 1.54) is 13.2 Å². The predicted octanol–water partition coefficient (Wildman–Crippen LogP) is 4.34. The molecule has 0 aromatic heterocycles. The van der Waals surface area contributed by atoms with E-state index in [1.54, 1.807) is 6.07 Å². The second kappa shape index (κ2) is 5.87. The lowest BCUT2D eigenvalue weighted by atomic mass is 9.83. The summed E-state index contributed by atoms with van der Waals surface area (Å²) < 4.78 is 19.8. The largest absolute Gasteiger partial charge is 0.386 e. The molecule has 0 radical (unpaired) electrons. The highest BCUT2D eigenvalue weighted by Crippen LogP contribution is 2.36. The van der Waals surface area contributed by atoms with Crippen molar-refractivity contribution in [2.24, 2.45) is 5.41 Å². The van der Waals surface area contributed by atoms with E-state index in [0.717, 1.165) is 0 Å². The molecule has 0 aliphatic rings. The third-order valence-electron chi connectivity index (χ3n) is 2.78. The van der Waals surface area contributed by atoms with Gasteiger partial charge in [0.2, 0.25) is 0 Å². The van der Waals surface area contributed by atoms with E-state index in [2.05, 4.69) is 15.9 Å². The van der Waals surface area contributed by atoms with Crippen LogP contribution in [0, 0.1) is 11.2 Å². The Bertz CT molecular complexity index is 432. The molecule has 0 amide bonds. The summed E-state index contributed by atoms with van der Waals surface area (Å²) in [4.78, 5) is 0. The topological polar surface area (TPSA) is 29.5 Å². The molecule has 0 aliphatic carbocycles. The van der Waals surface area contributed by atoms with E-state index >= 15 is 0 Å². The molecular weight excluding hydrogens is 322 g/mol. The first-order valence-corrected chi connectivity index (χ1v) is 6.71. The summed E-state index contributed by atoms with van der Waals surface area (Å²) in [6, 6.07) is 3.12. The van der Waals surface area contributed by atoms with Crippen LogP contribution in [0.5, 0.6) is 0 Å². The lowest BCUT2D eigenvalue weighted by molar-refractivity contribution is -0.0735. The molecule has 0 aliphatic heterocycles. The number of hydrogen-bond acceptors (Lipinski definition) is 2. The van der Waals surface area contributed by atoms with Crippen LogP contribution in [0.25, 0.3) is 0 Å². The van der Waals surface area contributed by atoms with Crippen LogP contribution in [-0.4, -0.2) is 18.3 Å². The van der Waals surface area contributed by atoms with E-state index in [9.17, 15) is 9.50 Å². The fourth-order valence-electron chi connectivity index (χ4n) is 1.89. The van der Waals surface area contributed by atoms with E-state index < -0.39 is 18.0 Å². The Kier molecular flexibility index (Phi) is 5.18. The first-order valence-electron chi connectivity index (χ1n) is 5.54. The molecule has 1 rings (SSSR count). The third-order valence-corrected chi connectivity index (χ3v) is 4.04. The highest BCUT2D eigenvalue weighted by molar-refractivity contribution is 9.10. The number of methoxy groups -OCH3 is 1. The van der Waals surface area contributed by atoms with Crippen LogP contribution >= 0.6 is 27.5 Å². The molecule has 0 saturated carbocycles. The Labute approximate surface area is 120 Å². The van der Waals surface area contributed by atoms with Crippen LogP contribution in [-0.2, 0) is 4.74 Å². The van der Waals surface area contributed by atoms with Gasteiger partial charge in [-0.05, 0) is 27.4 Å². The van der Waals surface area contributed by atoms with Crippen molar-refractivity contribution in [2.45, 2.75) is 33.0 Å². The molecule has 1 aromatic rings. The minimum atomic E-state index is -1.07. The van der Waals surface area contributed by atoms with Gasteiger partial charge in [0.05, 0.1) is 11.1 Å². The van der Waals surface area contributed by atoms with Crippen molar-refractivity contribution in [3.05, 3.63) is 33.0 Å². The quantitative estimate of drug-likeness (QED) is 0.830. The molecule has 102 valence electrons. The summed E-state index contributed by atoms with van der Waals surface area (Å²) in [6.07, 6.45) is -1.59. The van der Waals surface area contributed by atoms with Crippen molar-refractivity contribution >= 4 is 27.5 Å². The van der Waals surface area contributed by atoms with Crippen molar-refractivity contribution < 1.29 is 14.2 Å². The summed E-state index contributed by atoms with van der Waals surface area (Å²) in [6.45, 7) is 5.76. The molecule has 0 heterocycles. The molecule has 0 spiro atoms. The van der Waals surface area contributed by atoms with E-state index in [1.807, 2.05) is 20.8 Å². The standard InChI is InChI=1S/C13H17BrClFO2/c1-13(2,3)12(18-4)11(17)7-5-6-8(14)9(15)10(7)16/h5-6,11-12,17H,1-4H3. The van der Waals surface area contributed by atoms with Crippen LogP contribution in [0.1, 0.15) is 32.4 Å². The maximum Gasteiger partial charge on any atom is 0.148 e. The summed E-state index contributed by atoms with van der Waals surface area (Å²) in [5.41, 5.74) is -0.176. The maximum absolute atomic E-state index is 14.0. The SMILES string of the molecule is COC(C(O)c1ccc(Br)c(Cl)c1F)C(C)(C)C. The Morgan fingerprint density at radius 3 is 2.39 bits per heavy atom. The highest BCUT2D eigenvalue weighted by atomic mass is 79.9. The van der Waals surface area contributed by atoms with Crippen LogP contribution in [0.3, 0.4) is 0 Å². The van der Waals surface area contributed by atoms with E-state index in [4.69, 9.17) is 16.3 Å². The zero-order valence-corrected chi connectivity index (χ0v) is 13.1. The van der Waals surface area contributed by atoms with Gasteiger partial charge in [0.25, 0.3) is 0 Å². The number of hydrogen-bond donors (Lipinski definition) is 1. The zero-order chi connectivity index (χ0) is 14.1. The minimum absolute atomic E-state index is 0.0321. The second-order valence-corrected chi connectivity index (χ2v) is 6.46. The molecule has 2 nitrogen and oxygen atoms in total. The normalized spacial score (nSPS) is 15.6. The molecular formula is C13H17BrClFO2. The highest BCUT2D eigenvalue weighted by Gasteiger charge is 2.34. The lowest BCUT2D eigenvalue weighted by Gasteiger charge is -2.33. The summed E-state index contributed by atoms with van der Waals surface area (Å²) in [5, 5.41) is 10.2. The van der Waals surface area contributed by atoms with Crippen molar-refractivity contribution in [2.75, 3.05) is 7.11 Å². The van der Waals surface area contributed by atoms with Crippen molar-refractivity contribution in [1.29, 1.82) is 0 Å². The zero-order valence-electron chi connectivity index (χ0n) is 10.8. The lowest BCUT2D eigenvalue weighted by Crippen LogP contribution is -2.34. The fraction of sp³-hybridized carbons (Fsp3) is 0.538.